The number of rotatable bonds is 7. The number of hydrogen-bond acceptors (Lipinski definition) is 3. The maximum absolute atomic E-state index is 11.9. The van der Waals surface area contributed by atoms with Crippen LogP contribution < -0.4 is 4.72 Å². The van der Waals surface area contributed by atoms with Gasteiger partial charge in [0, 0.05) is 13.7 Å². The topological polar surface area (TPSA) is 55.4 Å². The third kappa shape index (κ3) is 5.16. The number of hydrogen-bond donors (Lipinski definition) is 1. The van der Waals surface area contributed by atoms with Gasteiger partial charge in [0.2, 0.25) is 10.0 Å². The first-order valence-electron chi connectivity index (χ1n) is 5.99. The minimum Gasteiger partial charge on any atom is -0.380 e. The van der Waals surface area contributed by atoms with Gasteiger partial charge in [-0.3, -0.25) is 0 Å². The predicted octanol–water partition coefficient (Wildman–Crippen LogP) is 1.74. The summed E-state index contributed by atoms with van der Waals surface area (Å²) in [5.41, 5.74) is 1.03. The van der Waals surface area contributed by atoms with Crippen molar-refractivity contribution >= 4 is 10.0 Å². The van der Waals surface area contributed by atoms with Crippen LogP contribution in [0.5, 0.6) is 0 Å². The summed E-state index contributed by atoms with van der Waals surface area (Å²) in [5.74, 6) is 0.0644. The highest BCUT2D eigenvalue weighted by Crippen LogP contribution is 2.16. The molecule has 0 aromatic heterocycles. The summed E-state index contributed by atoms with van der Waals surface area (Å²) in [6, 6.07) is 9.64. The molecule has 0 aliphatic carbocycles. The first-order chi connectivity index (χ1) is 8.44. The zero-order valence-electron chi connectivity index (χ0n) is 11.1. The Morgan fingerprint density at radius 2 is 1.83 bits per heavy atom. The third-order valence-electron chi connectivity index (χ3n) is 2.83. The molecule has 2 atom stereocenters. The van der Waals surface area contributed by atoms with E-state index in [9.17, 15) is 8.42 Å². The quantitative estimate of drug-likeness (QED) is 0.822. The average molecular weight is 271 g/mol. The van der Waals surface area contributed by atoms with E-state index in [1.54, 1.807) is 7.11 Å². The lowest BCUT2D eigenvalue weighted by molar-refractivity contribution is 0.122. The molecule has 0 spiro atoms. The molecular formula is C13H21NO3S. The molecule has 5 heteroatoms. The Balaban J connectivity index is 2.55. The molecule has 0 amide bonds. The summed E-state index contributed by atoms with van der Waals surface area (Å²) in [5, 5.41) is 0. The minimum absolute atomic E-state index is 0.0263. The molecule has 0 aliphatic rings. The van der Waals surface area contributed by atoms with E-state index in [1.165, 1.54) is 0 Å². The zero-order chi connectivity index (χ0) is 13.6. The predicted molar refractivity (Wildman–Crippen MR) is 73.1 cm³/mol. The Hall–Kier alpha value is -0.910. The lowest BCUT2D eigenvalue weighted by atomic mass is 10.0. The van der Waals surface area contributed by atoms with E-state index in [1.807, 2.05) is 44.2 Å². The molecule has 0 radical (unpaired) electrons. The highest BCUT2D eigenvalue weighted by atomic mass is 32.2. The van der Waals surface area contributed by atoms with Gasteiger partial charge in [0.1, 0.15) is 0 Å². The Morgan fingerprint density at radius 3 is 2.39 bits per heavy atom. The molecule has 0 aliphatic heterocycles. The van der Waals surface area contributed by atoms with Gasteiger partial charge in [0.05, 0.1) is 11.9 Å². The molecule has 1 aromatic rings. The van der Waals surface area contributed by atoms with Crippen molar-refractivity contribution in [3.05, 3.63) is 35.9 Å². The molecule has 2 unspecified atom stereocenters. The normalized spacial score (nSPS) is 15.3. The van der Waals surface area contributed by atoms with Crippen molar-refractivity contribution in [2.24, 2.45) is 0 Å². The summed E-state index contributed by atoms with van der Waals surface area (Å²) in [6.45, 7) is 4.04. The maximum atomic E-state index is 11.9. The van der Waals surface area contributed by atoms with E-state index in [-0.39, 0.29) is 17.8 Å². The van der Waals surface area contributed by atoms with Crippen molar-refractivity contribution in [1.82, 2.24) is 4.72 Å². The van der Waals surface area contributed by atoms with Crippen molar-refractivity contribution in [3.63, 3.8) is 0 Å². The molecule has 0 heterocycles. The van der Waals surface area contributed by atoms with Crippen molar-refractivity contribution in [2.45, 2.75) is 25.9 Å². The molecule has 0 saturated carbocycles. The van der Waals surface area contributed by atoms with Gasteiger partial charge in [-0.1, -0.05) is 37.3 Å². The number of nitrogens with one attached hydrogen (secondary N) is 1. The smallest absolute Gasteiger partial charge is 0.212 e. The van der Waals surface area contributed by atoms with Crippen LogP contribution in [0.15, 0.2) is 30.3 Å². The highest BCUT2D eigenvalue weighted by molar-refractivity contribution is 7.89. The fourth-order valence-corrected chi connectivity index (χ4v) is 3.05. The molecule has 1 N–H and O–H groups in total. The summed E-state index contributed by atoms with van der Waals surface area (Å²) in [4.78, 5) is 0. The summed E-state index contributed by atoms with van der Waals surface area (Å²) < 4.78 is 31.3. The second kappa shape index (κ2) is 6.87. The SMILES string of the molecule is COC(C)CNS(=O)(=O)CC(C)c1ccccc1. The van der Waals surface area contributed by atoms with Crippen LogP contribution in [0.2, 0.25) is 0 Å². The highest BCUT2D eigenvalue weighted by Gasteiger charge is 2.17. The van der Waals surface area contributed by atoms with Crippen LogP contribution in [0.25, 0.3) is 0 Å². The molecule has 1 rings (SSSR count). The van der Waals surface area contributed by atoms with Crippen LogP contribution >= 0.6 is 0 Å². The fourth-order valence-electron chi connectivity index (χ4n) is 1.59. The Morgan fingerprint density at radius 1 is 1.22 bits per heavy atom. The summed E-state index contributed by atoms with van der Waals surface area (Å²) in [6.07, 6.45) is -0.119. The molecule has 0 bridgehead atoms. The van der Waals surface area contributed by atoms with Crippen LogP contribution in [0, 0.1) is 0 Å². The first kappa shape index (κ1) is 15.1. The van der Waals surface area contributed by atoms with Crippen molar-refractivity contribution < 1.29 is 13.2 Å². The van der Waals surface area contributed by atoms with E-state index in [4.69, 9.17) is 4.74 Å². The number of sulfonamides is 1. The third-order valence-corrected chi connectivity index (χ3v) is 4.38. The number of benzene rings is 1. The van der Waals surface area contributed by atoms with Crippen molar-refractivity contribution in [2.75, 3.05) is 19.4 Å². The van der Waals surface area contributed by atoms with Gasteiger partial charge in [-0.15, -0.1) is 0 Å². The molecule has 0 saturated heterocycles. The largest absolute Gasteiger partial charge is 0.380 e. The molecule has 4 nitrogen and oxygen atoms in total. The molecule has 0 fully saturated rings. The maximum Gasteiger partial charge on any atom is 0.212 e. The van der Waals surface area contributed by atoms with Gasteiger partial charge in [0.25, 0.3) is 0 Å². The second-order valence-electron chi connectivity index (χ2n) is 4.49. The lowest BCUT2D eigenvalue weighted by Gasteiger charge is -2.15. The average Bonchev–Trinajstić information content (AvgIpc) is 2.36. The monoisotopic (exact) mass is 271 g/mol. The van der Waals surface area contributed by atoms with Gasteiger partial charge >= 0.3 is 0 Å². The van der Waals surface area contributed by atoms with Crippen LogP contribution in [-0.2, 0) is 14.8 Å². The van der Waals surface area contributed by atoms with Gasteiger partial charge in [-0.05, 0) is 18.4 Å². The Bertz CT molecular complexity index is 445. The molecule has 18 heavy (non-hydrogen) atoms. The van der Waals surface area contributed by atoms with E-state index in [0.717, 1.165) is 5.56 Å². The van der Waals surface area contributed by atoms with Gasteiger partial charge < -0.3 is 4.74 Å². The van der Waals surface area contributed by atoms with Crippen LogP contribution in [-0.4, -0.2) is 33.9 Å². The van der Waals surface area contributed by atoms with Gasteiger partial charge in [0.15, 0.2) is 0 Å². The van der Waals surface area contributed by atoms with Crippen LogP contribution in [0.1, 0.15) is 25.3 Å². The number of ether oxygens (including phenoxy) is 1. The van der Waals surface area contributed by atoms with Crippen LogP contribution in [0.3, 0.4) is 0 Å². The lowest BCUT2D eigenvalue weighted by Crippen LogP contribution is -2.34. The van der Waals surface area contributed by atoms with E-state index in [0.29, 0.717) is 6.54 Å². The Labute approximate surface area is 109 Å². The van der Waals surface area contributed by atoms with Crippen molar-refractivity contribution in [1.29, 1.82) is 0 Å². The number of methoxy groups -OCH3 is 1. The summed E-state index contributed by atoms with van der Waals surface area (Å²) in [7, 11) is -1.70. The van der Waals surface area contributed by atoms with Gasteiger partial charge in [-0.2, -0.15) is 0 Å². The van der Waals surface area contributed by atoms with Gasteiger partial charge in [-0.25, -0.2) is 13.1 Å². The van der Waals surface area contributed by atoms with E-state index < -0.39 is 10.0 Å². The summed E-state index contributed by atoms with van der Waals surface area (Å²) >= 11 is 0. The molecule has 1 aromatic carbocycles. The first-order valence-corrected chi connectivity index (χ1v) is 7.65. The van der Waals surface area contributed by atoms with Crippen molar-refractivity contribution in [3.8, 4) is 0 Å². The van der Waals surface area contributed by atoms with Crippen LogP contribution in [0.4, 0.5) is 0 Å². The standard InChI is InChI=1S/C13H21NO3S/c1-11(13-7-5-4-6-8-13)10-18(15,16)14-9-12(2)17-3/h4-8,11-12,14H,9-10H2,1-3H3. The molecule has 102 valence electrons. The fraction of sp³-hybridized carbons (Fsp3) is 0.538. The Kier molecular flexibility index (Phi) is 5.78. The minimum atomic E-state index is -3.26. The second-order valence-corrected chi connectivity index (χ2v) is 6.34. The van der Waals surface area contributed by atoms with E-state index in [2.05, 4.69) is 4.72 Å². The molecular weight excluding hydrogens is 250 g/mol. The zero-order valence-corrected chi connectivity index (χ0v) is 11.9. The van der Waals surface area contributed by atoms with E-state index >= 15 is 0 Å².